The predicted octanol–water partition coefficient (Wildman–Crippen LogP) is 4.30. The zero-order chi connectivity index (χ0) is 18.1. The Balaban J connectivity index is 0.000000236. The van der Waals surface area contributed by atoms with E-state index in [-0.39, 0.29) is 5.82 Å². The number of hydrogen-bond donors (Lipinski definition) is 0. The van der Waals surface area contributed by atoms with Crippen molar-refractivity contribution in [1.29, 1.82) is 0 Å². The van der Waals surface area contributed by atoms with Crippen molar-refractivity contribution in [2.45, 2.75) is 19.3 Å². The largest absolute Gasteiger partial charge is 0.333 e. The molecule has 138 valence electrons. The first-order valence-electron chi connectivity index (χ1n) is 8.45. The Kier molecular flexibility index (Phi) is 8.30. The Hall–Kier alpha value is -1.51. The molecule has 0 bridgehead atoms. The van der Waals surface area contributed by atoms with Crippen LogP contribution in [-0.4, -0.2) is 36.6 Å². The molecule has 25 heavy (non-hydrogen) atoms. The minimum atomic E-state index is -0.284. The van der Waals surface area contributed by atoms with Crippen LogP contribution < -0.4 is 4.74 Å². The van der Waals surface area contributed by atoms with E-state index in [2.05, 4.69) is 32.9 Å². The topological polar surface area (TPSA) is 12.5 Å². The van der Waals surface area contributed by atoms with Crippen LogP contribution in [-0.2, 0) is 15.0 Å². The van der Waals surface area contributed by atoms with Gasteiger partial charge in [-0.1, -0.05) is 6.42 Å². The molecule has 0 aliphatic carbocycles. The van der Waals surface area contributed by atoms with Crippen molar-refractivity contribution in [2.24, 2.45) is 0 Å². The van der Waals surface area contributed by atoms with Crippen LogP contribution in [0.5, 0.6) is 5.75 Å². The van der Waals surface area contributed by atoms with E-state index in [1.54, 1.807) is 18.2 Å². The Bertz CT molecular complexity index is 683. The molecule has 2 aromatic rings. The first-order chi connectivity index (χ1) is 12.2. The second-order valence-electron chi connectivity index (χ2n) is 5.87. The van der Waals surface area contributed by atoms with Crippen molar-refractivity contribution in [3.05, 3.63) is 60.8 Å². The molecular formula is C21H24FNNiO-2. The van der Waals surface area contributed by atoms with E-state index in [1.165, 1.54) is 44.5 Å². The van der Waals surface area contributed by atoms with E-state index in [4.69, 9.17) is 4.74 Å². The van der Waals surface area contributed by atoms with Crippen molar-refractivity contribution in [3.8, 4) is 16.9 Å². The molecule has 0 radical (unpaired) electrons. The summed E-state index contributed by atoms with van der Waals surface area (Å²) < 4.78 is 18.3. The van der Waals surface area contributed by atoms with E-state index < -0.39 is 0 Å². The zero-order valence-electron chi connectivity index (χ0n) is 14.5. The molecule has 0 amide bonds. The van der Waals surface area contributed by atoms with Gasteiger partial charge < -0.3 is 11.8 Å². The van der Waals surface area contributed by atoms with Crippen LogP contribution in [0.1, 0.15) is 24.8 Å². The summed E-state index contributed by atoms with van der Waals surface area (Å²) in [4.78, 5) is 4.00. The SMILES string of the molecule is COc1ccc(-c2[c-]ccc(F)c2)c([CH]=[Ni])c1.[CH2-]CN1CCCCC1. The number of piperidine rings is 1. The fourth-order valence-corrected chi connectivity index (χ4v) is 3.00. The van der Waals surface area contributed by atoms with Crippen molar-refractivity contribution in [1.82, 2.24) is 4.90 Å². The van der Waals surface area contributed by atoms with E-state index in [9.17, 15) is 4.39 Å². The second kappa shape index (κ2) is 10.5. The molecule has 1 fully saturated rings. The molecular weight excluding hydrogens is 360 g/mol. The molecule has 3 rings (SSSR count). The molecule has 4 heteroatoms. The minimum absolute atomic E-state index is 0.284. The number of hydrogen-bond acceptors (Lipinski definition) is 2. The summed E-state index contributed by atoms with van der Waals surface area (Å²) in [6, 6.07) is 12.9. The standard InChI is InChI=1S/C14H10FO.C7H14N.Ni/c1-10-8-13(16-2)6-7-14(10)11-4-3-5-12(15)9-11;1-2-8-6-4-3-5-7-8;/h1,3,5-9H,2H3;1-7H2;/q2*-1;. The molecule has 0 aromatic heterocycles. The maximum Gasteiger partial charge on any atom is -0.00473 e. The summed E-state index contributed by atoms with van der Waals surface area (Å²) in [7, 11) is 1.60. The van der Waals surface area contributed by atoms with Gasteiger partial charge in [0.05, 0.1) is 0 Å². The van der Waals surface area contributed by atoms with E-state index in [1.807, 2.05) is 18.2 Å². The average Bonchev–Trinajstić information content (AvgIpc) is 2.68. The molecule has 0 unspecified atom stereocenters. The van der Waals surface area contributed by atoms with Gasteiger partial charge >= 0.3 is 107 Å². The van der Waals surface area contributed by atoms with Crippen molar-refractivity contribution < 1.29 is 24.2 Å². The maximum atomic E-state index is 13.2. The van der Waals surface area contributed by atoms with Crippen LogP contribution >= 0.6 is 0 Å². The summed E-state index contributed by atoms with van der Waals surface area (Å²) in [5.41, 5.74) is 2.39. The van der Waals surface area contributed by atoms with Gasteiger partial charge in [0.25, 0.3) is 0 Å². The van der Waals surface area contributed by atoms with Crippen molar-refractivity contribution >= 4 is 4.99 Å². The molecule has 1 aliphatic heterocycles. The second-order valence-corrected chi connectivity index (χ2v) is 6.15. The Morgan fingerprint density at radius 2 is 2.00 bits per heavy atom. The van der Waals surface area contributed by atoms with Gasteiger partial charge in [0.2, 0.25) is 0 Å². The summed E-state index contributed by atoms with van der Waals surface area (Å²) in [6.07, 6.45) is 4.20. The van der Waals surface area contributed by atoms with Gasteiger partial charge in [-0.3, -0.25) is 0 Å². The van der Waals surface area contributed by atoms with Crippen molar-refractivity contribution in [3.63, 3.8) is 0 Å². The van der Waals surface area contributed by atoms with E-state index in [0.29, 0.717) is 5.56 Å². The average molecular weight is 384 g/mol. The summed E-state index contributed by atoms with van der Waals surface area (Å²) in [5, 5.41) is 0. The molecule has 1 aliphatic rings. The third-order valence-electron chi connectivity index (χ3n) is 4.18. The number of methoxy groups -OCH3 is 1. The number of halogens is 1. The first kappa shape index (κ1) is 19.8. The number of ether oxygens (including phenoxy) is 1. The normalized spacial score (nSPS) is 14.4. The van der Waals surface area contributed by atoms with Gasteiger partial charge in [0, 0.05) is 0 Å². The van der Waals surface area contributed by atoms with Crippen LogP contribution in [0.3, 0.4) is 0 Å². The minimum Gasteiger partial charge on any atom is -0.333 e. The van der Waals surface area contributed by atoms with Crippen molar-refractivity contribution in [2.75, 3.05) is 26.7 Å². The van der Waals surface area contributed by atoms with Gasteiger partial charge in [0.1, 0.15) is 0 Å². The van der Waals surface area contributed by atoms with Gasteiger partial charge in [-0.05, 0) is 25.9 Å². The molecule has 2 nitrogen and oxygen atoms in total. The number of benzene rings is 2. The third-order valence-corrected chi connectivity index (χ3v) is 4.48. The molecule has 1 saturated heterocycles. The van der Waals surface area contributed by atoms with Crippen LogP contribution in [0, 0.1) is 18.8 Å². The molecule has 0 atom stereocenters. The molecule has 1 heterocycles. The third kappa shape index (κ3) is 6.06. The van der Waals surface area contributed by atoms with Crippen LogP contribution in [0.15, 0.2) is 36.4 Å². The molecule has 2 aromatic carbocycles. The smallest absolute Gasteiger partial charge is 0.00473 e. The Labute approximate surface area is 157 Å². The Morgan fingerprint density at radius 3 is 2.56 bits per heavy atom. The summed E-state index contributed by atoms with van der Waals surface area (Å²) in [6.45, 7) is 7.40. The van der Waals surface area contributed by atoms with Gasteiger partial charge in [-0.2, -0.15) is 0 Å². The quantitative estimate of drug-likeness (QED) is 0.576. The van der Waals surface area contributed by atoms with Crippen LogP contribution in [0.4, 0.5) is 4.39 Å². The van der Waals surface area contributed by atoms with Gasteiger partial charge in [-0.15, -0.1) is 6.54 Å². The van der Waals surface area contributed by atoms with Gasteiger partial charge in [-0.25, -0.2) is 0 Å². The molecule has 0 N–H and O–H groups in total. The predicted molar refractivity (Wildman–Crippen MR) is 98.0 cm³/mol. The summed E-state index contributed by atoms with van der Waals surface area (Å²) in [5.74, 6) is 0.446. The van der Waals surface area contributed by atoms with E-state index in [0.717, 1.165) is 23.4 Å². The maximum absolute atomic E-state index is 13.2. The monoisotopic (exact) mass is 383 g/mol. The van der Waals surface area contributed by atoms with Crippen LogP contribution in [0.2, 0.25) is 0 Å². The number of rotatable bonds is 4. The number of likely N-dealkylation sites (tertiary alicyclic amines) is 1. The van der Waals surface area contributed by atoms with Gasteiger partial charge in [0.15, 0.2) is 0 Å². The summed E-state index contributed by atoms with van der Waals surface area (Å²) >= 11 is 4.66. The fourth-order valence-electron chi connectivity index (χ4n) is 2.77. The zero-order valence-corrected chi connectivity index (χ0v) is 15.5. The first-order valence-corrected chi connectivity index (χ1v) is 9.02. The van der Waals surface area contributed by atoms with Crippen LogP contribution in [0.25, 0.3) is 11.1 Å². The molecule has 0 saturated carbocycles. The Morgan fingerprint density at radius 1 is 1.24 bits per heavy atom. The number of nitrogens with zero attached hydrogens (tertiary/aromatic N) is 1. The fraction of sp³-hybridized carbons (Fsp3) is 0.333. The van der Waals surface area contributed by atoms with E-state index >= 15 is 0 Å². The molecule has 0 spiro atoms.